The molecule has 1 aromatic carbocycles. The highest BCUT2D eigenvalue weighted by Gasteiger charge is 2.21. The van der Waals surface area contributed by atoms with E-state index in [2.05, 4.69) is 38.7 Å². The number of hydrogen-bond acceptors (Lipinski definition) is 1. The molecule has 94 valence electrons. The van der Waals surface area contributed by atoms with Gasteiger partial charge in [0.15, 0.2) is 0 Å². The molecule has 0 bridgehead atoms. The predicted molar refractivity (Wildman–Crippen MR) is 76.6 cm³/mol. The second-order valence-electron chi connectivity index (χ2n) is 5.16. The summed E-state index contributed by atoms with van der Waals surface area (Å²) in [4.78, 5) is 0. The molecule has 0 amide bonds. The van der Waals surface area contributed by atoms with Crippen molar-refractivity contribution in [3.8, 4) is 0 Å². The molecule has 0 spiro atoms. The van der Waals surface area contributed by atoms with Gasteiger partial charge in [-0.15, -0.1) is 6.58 Å². The lowest BCUT2D eigenvalue weighted by Gasteiger charge is -2.28. The van der Waals surface area contributed by atoms with E-state index in [1.807, 2.05) is 24.3 Å². The third-order valence-electron chi connectivity index (χ3n) is 2.96. The van der Waals surface area contributed by atoms with Gasteiger partial charge < -0.3 is 5.32 Å². The van der Waals surface area contributed by atoms with E-state index in [1.165, 1.54) is 5.56 Å². The average molecular weight is 252 g/mol. The van der Waals surface area contributed by atoms with E-state index in [9.17, 15) is 0 Å². The molecule has 0 aliphatic rings. The molecule has 0 aliphatic carbocycles. The molecule has 0 saturated heterocycles. The smallest absolute Gasteiger partial charge is 0.0438 e. The van der Waals surface area contributed by atoms with Gasteiger partial charge in [0, 0.05) is 23.0 Å². The third kappa shape index (κ3) is 4.53. The monoisotopic (exact) mass is 251 g/mol. The van der Waals surface area contributed by atoms with Gasteiger partial charge in [0.05, 0.1) is 0 Å². The second kappa shape index (κ2) is 6.23. The fourth-order valence-electron chi connectivity index (χ4n) is 1.72. The Balaban J connectivity index is 2.75. The summed E-state index contributed by atoms with van der Waals surface area (Å²) in [6, 6.07) is 8.50. The highest BCUT2D eigenvalue weighted by atomic mass is 35.5. The van der Waals surface area contributed by atoms with E-state index in [-0.39, 0.29) is 5.41 Å². The van der Waals surface area contributed by atoms with Gasteiger partial charge in [-0.2, -0.15) is 0 Å². The molecule has 0 saturated carbocycles. The van der Waals surface area contributed by atoms with Crippen LogP contribution in [0.4, 0.5) is 0 Å². The Labute approximate surface area is 110 Å². The highest BCUT2D eigenvalue weighted by molar-refractivity contribution is 6.31. The molecular weight excluding hydrogens is 230 g/mol. The minimum absolute atomic E-state index is 0.0370. The largest absolute Gasteiger partial charge is 0.314 e. The molecule has 17 heavy (non-hydrogen) atoms. The SMILES string of the molecule is C=CC(C)(CNC(C)C)Cc1ccccc1Cl. The topological polar surface area (TPSA) is 12.0 Å². The van der Waals surface area contributed by atoms with Crippen LogP contribution in [0.5, 0.6) is 0 Å². The molecule has 1 atom stereocenters. The van der Waals surface area contributed by atoms with Gasteiger partial charge in [0.25, 0.3) is 0 Å². The van der Waals surface area contributed by atoms with Crippen LogP contribution in [0.2, 0.25) is 5.02 Å². The second-order valence-corrected chi connectivity index (χ2v) is 5.57. The Morgan fingerprint density at radius 2 is 2.06 bits per heavy atom. The van der Waals surface area contributed by atoms with Gasteiger partial charge in [0.2, 0.25) is 0 Å². The summed E-state index contributed by atoms with van der Waals surface area (Å²) >= 11 is 6.20. The van der Waals surface area contributed by atoms with Gasteiger partial charge in [-0.05, 0) is 18.1 Å². The minimum Gasteiger partial charge on any atom is -0.314 e. The summed E-state index contributed by atoms with van der Waals surface area (Å²) in [5.41, 5.74) is 1.22. The predicted octanol–water partition coefficient (Wildman–Crippen LogP) is 4.07. The molecule has 0 fully saturated rings. The van der Waals surface area contributed by atoms with E-state index in [0.29, 0.717) is 6.04 Å². The molecule has 0 aromatic heterocycles. The van der Waals surface area contributed by atoms with Crippen LogP contribution in [0.15, 0.2) is 36.9 Å². The fourth-order valence-corrected chi connectivity index (χ4v) is 1.92. The standard InChI is InChI=1S/C15H22ClN/c1-5-15(4,11-17-12(2)3)10-13-8-6-7-9-14(13)16/h5-9,12,17H,1,10-11H2,2-4H3. The van der Waals surface area contributed by atoms with Gasteiger partial charge >= 0.3 is 0 Å². The van der Waals surface area contributed by atoms with Crippen molar-refractivity contribution in [2.75, 3.05) is 6.54 Å². The van der Waals surface area contributed by atoms with Crippen molar-refractivity contribution in [1.82, 2.24) is 5.32 Å². The summed E-state index contributed by atoms with van der Waals surface area (Å²) < 4.78 is 0. The average Bonchev–Trinajstić information content (AvgIpc) is 2.30. The first-order valence-electron chi connectivity index (χ1n) is 6.07. The summed E-state index contributed by atoms with van der Waals surface area (Å²) in [6.07, 6.45) is 2.93. The maximum Gasteiger partial charge on any atom is 0.0438 e. The maximum absolute atomic E-state index is 6.20. The quantitative estimate of drug-likeness (QED) is 0.752. The summed E-state index contributed by atoms with van der Waals surface area (Å²) in [6.45, 7) is 11.4. The van der Waals surface area contributed by atoms with Crippen molar-refractivity contribution >= 4 is 11.6 Å². The first-order valence-corrected chi connectivity index (χ1v) is 6.45. The maximum atomic E-state index is 6.20. The molecule has 1 N–H and O–H groups in total. The molecule has 0 heterocycles. The van der Waals surface area contributed by atoms with Crippen LogP contribution in [0.3, 0.4) is 0 Å². The van der Waals surface area contributed by atoms with Crippen LogP contribution < -0.4 is 5.32 Å². The van der Waals surface area contributed by atoms with Crippen molar-refractivity contribution in [3.05, 3.63) is 47.5 Å². The highest BCUT2D eigenvalue weighted by Crippen LogP contribution is 2.27. The number of nitrogens with one attached hydrogen (secondary N) is 1. The lowest BCUT2D eigenvalue weighted by molar-refractivity contribution is 0.373. The molecule has 1 rings (SSSR count). The molecule has 1 unspecified atom stereocenters. The van der Waals surface area contributed by atoms with Crippen LogP contribution >= 0.6 is 11.6 Å². The molecule has 0 aliphatic heterocycles. The molecular formula is C15H22ClN. The Morgan fingerprint density at radius 3 is 2.59 bits per heavy atom. The summed E-state index contributed by atoms with van der Waals surface area (Å²) in [7, 11) is 0. The van der Waals surface area contributed by atoms with Crippen LogP contribution in [0, 0.1) is 5.41 Å². The molecule has 0 radical (unpaired) electrons. The van der Waals surface area contributed by atoms with Gasteiger partial charge in [-0.25, -0.2) is 0 Å². The zero-order valence-corrected chi connectivity index (χ0v) is 11.7. The molecule has 1 aromatic rings. The van der Waals surface area contributed by atoms with Gasteiger partial charge in [-0.1, -0.05) is 56.6 Å². The van der Waals surface area contributed by atoms with Crippen LogP contribution in [-0.4, -0.2) is 12.6 Å². The zero-order valence-electron chi connectivity index (χ0n) is 11.0. The number of hydrogen-bond donors (Lipinski definition) is 1. The lowest BCUT2D eigenvalue weighted by atomic mass is 9.83. The van der Waals surface area contributed by atoms with Crippen LogP contribution in [-0.2, 0) is 6.42 Å². The summed E-state index contributed by atoms with van der Waals surface area (Å²) in [5, 5.41) is 4.30. The van der Waals surface area contributed by atoms with Crippen molar-refractivity contribution in [3.63, 3.8) is 0 Å². The van der Waals surface area contributed by atoms with Gasteiger partial charge in [0.1, 0.15) is 0 Å². The van der Waals surface area contributed by atoms with E-state index in [1.54, 1.807) is 0 Å². The molecule has 2 heteroatoms. The van der Waals surface area contributed by atoms with Crippen molar-refractivity contribution in [1.29, 1.82) is 0 Å². The minimum atomic E-state index is 0.0370. The van der Waals surface area contributed by atoms with E-state index < -0.39 is 0 Å². The van der Waals surface area contributed by atoms with Crippen molar-refractivity contribution in [2.45, 2.75) is 33.2 Å². The van der Waals surface area contributed by atoms with Crippen LogP contribution in [0.1, 0.15) is 26.3 Å². The number of benzene rings is 1. The fraction of sp³-hybridized carbons (Fsp3) is 0.467. The third-order valence-corrected chi connectivity index (χ3v) is 3.33. The van der Waals surface area contributed by atoms with E-state index in [4.69, 9.17) is 11.6 Å². The Bertz CT molecular complexity index is 373. The number of rotatable bonds is 6. The normalized spacial score (nSPS) is 14.6. The van der Waals surface area contributed by atoms with Crippen LogP contribution in [0.25, 0.3) is 0 Å². The Kier molecular flexibility index (Phi) is 5.23. The molecule has 1 nitrogen and oxygen atoms in total. The lowest BCUT2D eigenvalue weighted by Crippen LogP contribution is -2.35. The van der Waals surface area contributed by atoms with E-state index >= 15 is 0 Å². The zero-order chi connectivity index (χ0) is 12.9. The Morgan fingerprint density at radius 1 is 1.41 bits per heavy atom. The van der Waals surface area contributed by atoms with E-state index in [0.717, 1.165) is 18.0 Å². The Hall–Kier alpha value is -0.790. The van der Waals surface area contributed by atoms with Crippen molar-refractivity contribution < 1.29 is 0 Å². The first-order chi connectivity index (χ1) is 7.97. The van der Waals surface area contributed by atoms with Crippen molar-refractivity contribution in [2.24, 2.45) is 5.41 Å². The summed E-state index contributed by atoms with van der Waals surface area (Å²) in [5.74, 6) is 0. The first kappa shape index (κ1) is 14.3. The number of halogens is 1. The van der Waals surface area contributed by atoms with Gasteiger partial charge in [-0.3, -0.25) is 0 Å².